The normalized spacial score (nSPS) is 9.56. The van der Waals surface area contributed by atoms with E-state index in [0.29, 0.717) is 5.69 Å². The molecule has 2 rings (SSSR count). The molecule has 0 spiro atoms. The molecule has 2 aromatic rings. The lowest BCUT2D eigenvalue weighted by atomic mass is 10.0. The second-order valence-corrected chi connectivity index (χ2v) is 3.56. The number of carbonyl (C=O) groups excluding carboxylic acids is 1. The summed E-state index contributed by atoms with van der Waals surface area (Å²) in [7, 11) is 0. The Labute approximate surface area is 94.3 Å². The first-order chi connectivity index (χ1) is 7.81. The van der Waals surface area contributed by atoms with Crippen molar-refractivity contribution < 1.29 is 4.79 Å². The average molecular weight is 209 g/mol. The highest BCUT2D eigenvalue weighted by atomic mass is 16.1. The smallest absolute Gasteiger partial charge is 0.211 e. The summed E-state index contributed by atoms with van der Waals surface area (Å²) in [5, 5.41) is 0. The topological polar surface area (TPSA) is 29.4 Å². The first kappa shape index (κ1) is 10.3. The molecule has 0 N–H and O–H groups in total. The molecule has 0 radical (unpaired) electrons. The van der Waals surface area contributed by atoms with Crippen molar-refractivity contribution in [2.75, 3.05) is 0 Å². The third-order valence-electron chi connectivity index (χ3n) is 2.50. The molecule has 0 saturated carbocycles. The van der Waals surface area contributed by atoms with Gasteiger partial charge in [0, 0.05) is 0 Å². The van der Waals surface area contributed by atoms with Crippen molar-refractivity contribution in [3.63, 3.8) is 0 Å². The maximum Gasteiger partial charge on any atom is 0.240 e. The predicted octanol–water partition coefficient (Wildman–Crippen LogP) is 3.63. The van der Waals surface area contributed by atoms with Gasteiger partial charge in [0.1, 0.15) is 0 Å². The highest BCUT2D eigenvalue weighted by molar-refractivity contribution is 5.68. The fraction of sp³-hybridized carbons (Fsp3) is 0.0714. The van der Waals surface area contributed by atoms with Crippen LogP contribution in [0.25, 0.3) is 11.1 Å². The molecule has 2 heteroatoms. The van der Waals surface area contributed by atoms with E-state index in [1.54, 1.807) is 0 Å². The summed E-state index contributed by atoms with van der Waals surface area (Å²) in [6.45, 7) is 2.08. The van der Waals surface area contributed by atoms with Gasteiger partial charge in [0.15, 0.2) is 0 Å². The molecule has 0 aromatic heterocycles. The Hall–Kier alpha value is -2.18. The van der Waals surface area contributed by atoms with Crippen LogP contribution in [-0.2, 0) is 4.79 Å². The lowest BCUT2D eigenvalue weighted by Gasteiger charge is -2.05. The number of hydrogen-bond acceptors (Lipinski definition) is 2. The van der Waals surface area contributed by atoms with Crippen LogP contribution in [0.1, 0.15) is 5.56 Å². The summed E-state index contributed by atoms with van der Waals surface area (Å²) in [6, 6.07) is 15.7. The van der Waals surface area contributed by atoms with Crippen LogP contribution >= 0.6 is 0 Å². The van der Waals surface area contributed by atoms with Gasteiger partial charge < -0.3 is 0 Å². The first-order valence-electron chi connectivity index (χ1n) is 5.05. The van der Waals surface area contributed by atoms with Crippen LogP contribution in [0.2, 0.25) is 0 Å². The van der Waals surface area contributed by atoms with E-state index in [1.807, 2.05) is 36.4 Å². The molecule has 2 nitrogen and oxygen atoms in total. The quantitative estimate of drug-likeness (QED) is 0.548. The van der Waals surface area contributed by atoms with E-state index in [9.17, 15) is 4.79 Å². The SMILES string of the molecule is Cc1ccccc1-c1ccc(N=C=O)cc1. The summed E-state index contributed by atoms with van der Waals surface area (Å²) in [5.74, 6) is 0. The molecule has 0 aliphatic heterocycles. The number of benzene rings is 2. The molecule has 0 unspecified atom stereocenters. The Balaban J connectivity index is 2.42. The Morgan fingerprint density at radius 2 is 1.69 bits per heavy atom. The van der Waals surface area contributed by atoms with Gasteiger partial charge in [-0.15, -0.1) is 0 Å². The lowest BCUT2D eigenvalue weighted by Crippen LogP contribution is -1.81. The molecule has 78 valence electrons. The van der Waals surface area contributed by atoms with E-state index in [4.69, 9.17) is 0 Å². The van der Waals surface area contributed by atoms with Gasteiger partial charge in [0.05, 0.1) is 5.69 Å². The molecule has 0 saturated heterocycles. The van der Waals surface area contributed by atoms with Crippen LogP contribution in [0.3, 0.4) is 0 Å². The Morgan fingerprint density at radius 1 is 1.00 bits per heavy atom. The van der Waals surface area contributed by atoms with Crippen molar-refractivity contribution in [1.29, 1.82) is 0 Å². The van der Waals surface area contributed by atoms with Crippen molar-refractivity contribution in [1.82, 2.24) is 0 Å². The highest BCUT2D eigenvalue weighted by Gasteiger charge is 2.00. The number of isocyanates is 1. The number of nitrogens with zero attached hydrogens (tertiary/aromatic N) is 1. The third-order valence-corrected chi connectivity index (χ3v) is 2.50. The number of hydrogen-bond donors (Lipinski definition) is 0. The van der Waals surface area contributed by atoms with Crippen molar-refractivity contribution >= 4 is 11.8 Å². The minimum absolute atomic E-state index is 0.632. The van der Waals surface area contributed by atoms with Gasteiger partial charge in [-0.1, -0.05) is 36.4 Å². The second kappa shape index (κ2) is 4.56. The monoisotopic (exact) mass is 209 g/mol. The summed E-state index contributed by atoms with van der Waals surface area (Å²) < 4.78 is 0. The molecular formula is C14H11NO. The van der Waals surface area contributed by atoms with Gasteiger partial charge in [-0.05, 0) is 35.7 Å². The molecule has 0 atom stereocenters. The van der Waals surface area contributed by atoms with Gasteiger partial charge in [-0.2, -0.15) is 4.99 Å². The molecule has 0 aliphatic carbocycles. The Morgan fingerprint density at radius 3 is 2.31 bits per heavy atom. The minimum Gasteiger partial charge on any atom is -0.211 e. The van der Waals surface area contributed by atoms with Gasteiger partial charge >= 0.3 is 0 Å². The lowest BCUT2D eigenvalue weighted by molar-refractivity contribution is 0.565. The van der Waals surface area contributed by atoms with Crippen LogP contribution in [0, 0.1) is 6.92 Å². The van der Waals surface area contributed by atoms with Crippen LogP contribution in [-0.4, -0.2) is 6.08 Å². The molecule has 0 bridgehead atoms. The van der Waals surface area contributed by atoms with Crippen LogP contribution in [0.15, 0.2) is 53.5 Å². The summed E-state index contributed by atoms with van der Waals surface area (Å²) in [6.07, 6.45) is 1.53. The van der Waals surface area contributed by atoms with Crippen molar-refractivity contribution in [3.05, 3.63) is 54.1 Å². The van der Waals surface area contributed by atoms with Crippen molar-refractivity contribution in [3.8, 4) is 11.1 Å². The zero-order valence-electron chi connectivity index (χ0n) is 8.97. The summed E-state index contributed by atoms with van der Waals surface area (Å²) in [5.41, 5.74) is 4.19. The summed E-state index contributed by atoms with van der Waals surface area (Å²) in [4.78, 5) is 13.6. The van der Waals surface area contributed by atoms with Crippen molar-refractivity contribution in [2.24, 2.45) is 4.99 Å². The fourth-order valence-corrected chi connectivity index (χ4v) is 1.67. The van der Waals surface area contributed by atoms with E-state index >= 15 is 0 Å². The van der Waals surface area contributed by atoms with E-state index < -0.39 is 0 Å². The Kier molecular flexibility index (Phi) is 2.95. The van der Waals surface area contributed by atoms with E-state index in [1.165, 1.54) is 17.2 Å². The number of aliphatic imine (C=N–C) groups is 1. The highest BCUT2D eigenvalue weighted by Crippen LogP contribution is 2.24. The molecule has 0 heterocycles. The maximum absolute atomic E-state index is 10.1. The van der Waals surface area contributed by atoms with E-state index in [-0.39, 0.29) is 0 Å². The fourth-order valence-electron chi connectivity index (χ4n) is 1.67. The largest absolute Gasteiger partial charge is 0.240 e. The number of rotatable bonds is 2. The summed E-state index contributed by atoms with van der Waals surface area (Å²) >= 11 is 0. The van der Waals surface area contributed by atoms with Crippen LogP contribution in [0.4, 0.5) is 5.69 Å². The van der Waals surface area contributed by atoms with Crippen molar-refractivity contribution in [2.45, 2.75) is 6.92 Å². The average Bonchev–Trinajstić information content (AvgIpc) is 2.31. The van der Waals surface area contributed by atoms with Gasteiger partial charge in [-0.25, -0.2) is 4.79 Å². The molecule has 0 aliphatic rings. The Bertz CT molecular complexity index is 537. The van der Waals surface area contributed by atoms with E-state index in [0.717, 1.165) is 5.56 Å². The van der Waals surface area contributed by atoms with Crippen LogP contribution < -0.4 is 0 Å². The molecule has 2 aromatic carbocycles. The molecular weight excluding hydrogens is 198 g/mol. The van der Waals surface area contributed by atoms with Gasteiger partial charge in [-0.3, -0.25) is 0 Å². The third kappa shape index (κ3) is 2.08. The minimum atomic E-state index is 0.632. The zero-order chi connectivity index (χ0) is 11.4. The predicted molar refractivity (Wildman–Crippen MR) is 64.4 cm³/mol. The second-order valence-electron chi connectivity index (χ2n) is 3.56. The van der Waals surface area contributed by atoms with Gasteiger partial charge in [0.25, 0.3) is 0 Å². The molecule has 16 heavy (non-hydrogen) atoms. The molecule has 0 amide bonds. The zero-order valence-corrected chi connectivity index (χ0v) is 8.97. The van der Waals surface area contributed by atoms with Crippen LogP contribution in [0.5, 0.6) is 0 Å². The number of aryl methyl sites for hydroxylation is 1. The molecule has 0 fully saturated rings. The van der Waals surface area contributed by atoms with E-state index in [2.05, 4.69) is 24.0 Å². The first-order valence-corrected chi connectivity index (χ1v) is 5.05. The van der Waals surface area contributed by atoms with Gasteiger partial charge in [0.2, 0.25) is 6.08 Å². The maximum atomic E-state index is 10.1. The standard InChI is InChI=1S/C14H11NO/c1-11-4-2-3-5-14(11)12-6-8-13(9-7-12)15-10-16/h2-9H,1H3.